The van der Waals surface area contributed by atoms with Crippen molar-refractivity contribution >= 4 is 39.8 Å². The van der Waals surface area contributed by atoms with E-state index in [2.05, 4.69) is 34.7 Å². The lowest BCUT2D eigenvalue weighted by Gasteiger charge is -2.04. The standard InChI is InChI=1S/C13H15ClN4OS/c1-8(2)7-11-17-18-13(20-11)16-12(19)15-10-5-3-9(14)4-6-10/h3-6,8H,7H2,1-2H3,(H2,15,16,18,19). The Morgan fingerprint density at radius 1 is 1.25 bits per heavy atom. The molecule has 0 radical (unpaired) electrons. The molecule has 0 saturated carbocycles. The molecule has 2 N–H and O–H groups in total. The van der Waals surface area contributed by atoms with Gasteiger partial charge in [-0.05, 0) is 30.2 Å². The average molecular weight is 311 g/mol. The van der Waals surface area contributed by atoms with Crippen molar-refractivity contribution in [3.05, 3.63) is 34.3 Å². The van der Waals surface area contributed by atoms with Gasteiger partial charge in [0.2, 0.25) is 5.13 Å². The van der Waals surface area contributed by atoms with Gasteiger partial charge in [0.05, 0.1) is 0 Å². The van der Waals surface area contributed by atoms with Gasteiger partial charge in [-0.25, -0.2) is 4.79 Å². The zero-order valence-electron chi connectivity index (χ0n) is 11.2. The number of carbonyl (C=O) groups is 1. The van der Waals surface area contributed by atoms with Gasteiger partial charge >= 0.3 is 6.03 Å². The third kappa shape index (κ3) is 4.47. The summed E-state index contributed by atoms with van der Waals surface area (Å²) in [5.74, 6) is 0.513. The highest BCUT2D eigenvalue weighted by Gasteiger charge is 2.09. The molecule has 2 rings (SSSR count). The van der Waals surface area contributed by atoms with E-state index in [9.17, 15) is 4.79 Å². The second-order valence-electron chi connectivity index (χ2n) is 4.68. The molecular formula is C13H15ClN4OS. The quantitative estimate of drug-likeness (QED) is 0.895. The molecule has 0 atom stereocenters. The molecule has 0 bridgehead atoms. The number of aromatic nitrogens is 2. The van der Waals surface area contributed by atoms with Crippen LogP contribution < -0.4 is 10.6 Å². The Hall–Kier alpha value is -1.66. The van der Waals surface area contributed by atoms with Crippen molar-refractivity contribution in [1.29, 1.82) is 0 Å². The number of carbonyl (C=O) groups excluding carboxylic acids is 1. The molecular weight excluding hydrogens is 296 g/mol. The van der Waals surface area contributed by atoms with E-state index in [1.165, 1.54) is 11.3 Å². The number of nitrogens with zero attached hydrogens (tertiary/aromatic N) is 2. The normalized spacial score (nSPS) is 10.6. The van der Waals surface area contributed by atoms with Crippen molar-refractivity contribution in [3.63, 3.8) is 0 Å². The first-order chi connectivity index (χ1) is 9.52. The van der Waals surface area contributed by atoms with E-state index in [1.54, 1.807) is 24.3 Å². The van der Waals surface area contributed by atoms with E-state index >= 15 is 0 Å². The zero-order chi connectivity index (χ0) is 14.5. The predicted octanol–water partition coefficient (Wildman–Crippen LogP) is 4.03. The molecule has 1 heterocycles. The number of halogens is 1. The van der Waals surface area contributed by atoms with Crippen LogP contribution in [-0.2, 0) is 6.42 Å². The topological polar surface area (TPSA) is 66.9 Å². The van der Waals surface area contributed by atoms with Crippen LogP contribution in [0.1, 0.15) is 18.9 Å². The average Bonchev–Trinajstić information content (AvgIpc) is 2.78. The summed E-state index contributed by atoms with van der Waals surface area (Å²) in [5.41, 5.74) is 0.666. The second kappa shape index (κ2) is 6.67. The van der Waals surface area contributed by atoms with Crippen LogP contribution in [0.25, 0.3) is 0 Å². The first-order valence-corrected chi connectivity index (χ1v) is 7.38. The van der Waals surface area contributed by atoms with Crippen LogP contribution in [-0.4, -0.2) is 16.2 Å². The molecule has 0 unspecified atom stereocenters. The van der Waals surface area contributed by atoms with Crippen LogP contribution in [0.4, 0.5) is 15.6 Å². The molecule has 20 heavy (non-hydrogen) atoms. The van der Waals surface area contributed by atoms with Crippen LogP contribution in [0.2, 0.25) is 5.02 Å². The van der Waals surface area contributed by atoms with Gasteiger partial charge in [-0.1, -0.05) is 36.8 Å². The van der Waals surface area contributed by atoms with Gasteiger partial charge in [0.15, 0.2) is 0 Å². The molecule has 1 aromatic heterocycles. The molecule has 0 aliphatic heterocycles. The molecule has 0 aliphatic carbocycles. The highest BCUT2D eigenvalue weighted by molar-refractivity contribution is 7.15. The van der Waals surface area contributed by atoms with Crippen molar-refractivity contribution in [1.82, 2.24) is 10.2 Å². The smallest absolute Gasteiger partial charge is 0.308 e. The molecule has 2 amide bonds. The minimum absolute atomic E-state index is 0.348. The Balaban J connectivity index is 1.91. The summed E-state index contributed by atoms with van der Waals surface area (Å²) in [6, 6.07) is 6.53. The van der Waals surface area contributed by atoms with Gasteiger partial charge in [0.1, 0.15) is 5.01 Å². The summed E-state index contributed by atoms with van der Waals surface area (Å²) in [4.78, 5) is 11.8. The summed E-state index contributed by atoms with van der Waals surface area (Å²) in [7, 11) is 0. The van der Waals surface area contributed by atoms with Crippen LogP contribution >= 0.6 is 22.9 Å². The van der Waals surface area contributed by atoms with E-state index in [-0.39, 0.29) is 6.03 Å². The summed E-state index contributed by atoms with van der Waals surface area (Å²) in [6.45, 7) is 4.23. The first-order valence-electron chi connectivity index (χ1n) is 6.19. The zero-order valence-corrected chi connectivity index (χ0v) is 12.8. The van der Waals surface area contributed by atoms with Crippen molar-refractivity contribution in [2.45, 2.75) is 20.3 Å². The Kier molecular flexibility index (Phi) is 4.92. The number of hydrogen-bond donors (Lipinski definition) is 2. The Bertz CT molecular complexity index is 582. The monoisotopic (exact) mass is 310 g/mol. The number of urea groups is 1. The molecule has 1 aromatic carbocycles. The van der Waals surface area contributed by atoms with Gasteiger partial charge < -0.3 is 5.32 Å². The fourth-order valence-electron chi connectivity index (χ4n) is 1.53. The third-order valence-corrected chi connectivity index (χ3v) is 3.49. The molecule has 2 aromatic rings. The number of hydrogen-bond acceptors (Lipinski definition) is 4. The number of rotatable bonds is 4. The van der Waals surface area contributed by atoms with E-state index in [0.717, 1.165) is 11.4 Å². The lowest BCUT2D eigenvalue weighted by molar-refractivity contribution is 0.262. The Morgan fingerprint density at radius 2 is 1.95 bits per heavy atom. The van der Waals surface area contributed by atoms with Gasteiger partial charge in [-0.2, -0.15) is 0 Å². The maximum atomic E-state index is 11.8. The fraction of sp³-hybridized carbons (Fsp3) is 0.308. The maximum absolute atomic E-state index is 11.8. The van der Waals surface area contributed by atoms with Crippen LogP contribution in [0.5, 0.6) is 0 Å². The summed E-state index contributed by atoms with van der Waals surface area (Å²) in [5, 5.41) is 15.4. The molecule has 0 fully saturated rings. The molecule has 0 spiro atoms. The predicted molar refractivity (Wildman–Crippen MR) is 82.5 cm³/mol. The number of anilines is 2. The van der Waals surface area contributed by atoms with E-state index in [4.69, 9.17) is 11.6 Å². The van der Waals surface area contributed by atoms with Gasteiger partial charge in [-0.3, -0.25) is 5.32 Å². The summed E-state index contributed by atoms with van der Waals surface area (Å²) in [6.07, 6.45) is 0.859. The van der Waals surface area contributed by atoms with Crippen molar-refractivity contribution in [3.8, 4) is 0 Å². The van der Waals surface area contributed by atoms with E-state index < -0.39 is 0 Å². The Labute approximate surface area is 126 Å². The number of amides is 2. The van der Waals surface area contributed by atoms with Gasteiger partial charge in [0.25, 0.3) is 0 Å². The molecule has 7 heteroatoms. The van der Waals surface area contributed by atoms with Crippen LogP contribution in [0, 0.1) is 5.92 Å². The highest BCUT2D eigenvalue weighted by Crippen LogP contribution is 2.19. The minimum atomic E-state index is -0.348. The second-order valence-corrected chi connectivity index (χ2v) is 6.18. The first kappa shape index (κ1) is 14.7. The minimum Gasteiger partial charge on any atom is -0.308 e. The molecule has 5 nitrogen and oxygen atoms in total. The van der Waals surface area contributed by atoms with Gasteiger partial charge in [-0.15, -0.1) is 10.2 Å². The van der Waals surface area contributed by atoms with Crippen molar-refractivity contribution in [2.24, 2.45) is 5.92 Å². The maximum Gasteiger partial charge on any atom is 0.325 e. The Morgan fingerprint density at radius 3 is 2.60 bits per heavy atom. The molecule has 0 saturated heterocycles. The molecule has 106 valence electrons. The number of benzene rings is 1. The largest absolute Gasteiger partial charge is 0.325 e. The summed E-state index contributed by atoms with van der Waals surface area (Å²) < 4.78 is 0. The van der Waals surface area contributed by atoms with E-state index in [0.29, 0.717) is 21.8 Å². The van der Waals surface area contributed by atoms with Crippen molar-refractivity contribution < 1.29 is 4.79 Å². The SMILES string of the molecule is CC(C)Cc1nnc(NC(=O)Nc2ccc(Cl)cc2)s1. The van der Waals surface area contributed by atoms with E-state index in [1.807, 2.05) is 0 Å². The summed E-state index contributed by atoms with van der Waals surface area (Å²) >= 11 is 7.16. The lowest BCUT2D eigenvalue weighted by Crippen LogP contribution is -2.19. The van der Waals surface area contributed by atoms with Gasteiger partial charge in [0, 0.05) is 17.1 Å². The number of nitrogens with one attached hydrogen (secondary N) is 2. The van der Waals surface area contributed by atoms with Crippen molar-refractivity contribution in [2.75, 3.05) is 10.6 Å². The fourth-order valence-corrected chi connectivity index (χ4v) is 2.60. The third-order valence-electron chi connectivity index (χ3n) is 2.37. The molecule has 0 aliphatic rings. The highest BCUT2D eigenvalue weighted by atomic mass is 35.5. The lowest BCUT2D eigenvalue weighted by atomic mass is 10.1. The van der Waals surface area contributed by atoms with Crippen LogP contribution in [0.15, 0.2) is 24.3 Å². The van der Waals surface area contributed by atoms with Crippen LogP contribution in [0.3, 0.4) is 0 Å².